The van der Waals surface area contributed by atoms with Gasteiger partial charge in [0.25, 0.3) is 0 Å². The minimum atomic E-state index is -0.296. The largest absolute Gasteiger partial charge is 0.291 e. The van der Waals surface area contributed by atoms with E-state index in [0.717, 1.165) is 12.8 Å². The van der Waals surface area contributed by atoms with Gasteiger partial charge < -0.3 is 0 Å². The molecule has 0 aromatic heterocycles. The van der Waals surface area contributed by atoms with Gasteiger partial charge in [-0.05, 0) is 32.1 Å². The first-order chi connectivity index (χ1) is 10.7. The number of allylic oxidation sites excluding steroid dienone is 2. The molecule has 0 aliphatic rings. The lowest BCUT2D eigenvalue weighted by molar-refractivity contribution is -0.135. The lowest BCUT2D eigenvalue weighted by Gasteiger charge is -1.99. The Morgan fingerprint density at radius 2 is 1.14 bits per heavy atom. The van der Waals surface area contributed by atoms with Crippen LogP contribution in [0.4, 0.5) is 0 Å². The summed E-state index contributed by atoms with van der Waals surface area (Å²) in [5.74, 6) is -0.506. The van der Waals surface area contributed by atoms with E-state index in [1.807, 2.05) is 0 Å². The van der Waals surface area contributed by atoms with Gasteiger partial charge in [0.2, 0.25) is 0 Å². The molecule has 0 N–H and O–H groups in total. The average molecular weight is 309 g/mol. The van der Waals surface area contributed by atoms with Crippen LogP contribution in [-0.4, -0.2) is 11.6 Å². The Balaban J connectivity index is 3.17. The number of carbonyl (C=O) groups is 2. The highest BCUT2D eigenvalue weighted by Gasteiger charge is 2.05. The van der Waals surface area contributed by atoms with Crippen LogP contribution in [0.5, 0.6) is 0 Å². The fourth-order valence-electron chi connectivity index (χ4n) is 2.53. The fourth-order valence-corrected chi connectivity index (χ4v) is 2.53. The van der Waals surface area contributed by atoms with Crippen molar-refractivity contribution in [1.29, 1.82) is 0 Å². The summed E-state index contributed by atoms with van der Waals surface area (Å²) < 4.78 is 0. The Bertz CT molecular complexity index is 305. The monoisotopic (exact) mass is 308 g/mol. The quantitative estimate of drug-likeness (QED) is 0.194. The first-order valence-corrected chi connectivity index (χ1v) is 9.37. The Kier molecular flexibility index (Phi) is 15.8. The molecule has 0 fully saturated rings. The molecule has 22 heavy (non-hydrogen) atoms. The molecule has 0 saturated carbocycles. The van der Waals surface area contributed by atoms with Crippen molar-refractivity contribution in [1.82, 2.24) is 0 Å². The topological polar surface area (TPSA) is 34.1 Å². The summed E-state index contributed by atoms with van der Waals surface area (Å²) in [6.45, 7) is 3.62. The van der Waals surface area contributed by atoms with E-state index < -0.39 is 0 Å². The van der Waals surface area contributed by atoms with E-state index in [-0.39, 0.29) is 11.6 Å². The van der Waals surface area contributed by atoms with E-state index >= 15 is 0 Å². The minimum absolute atomic E-state index is 0.211. The Morgan fingerprint density at radius 3 is 1.64 bits per heavy atom. The molecule has 0 saturated heterocycles. The molecule has 0 rings (SSSR count). The van der Waals surface area contributed by atoms with E-state index in [1.54, 1.807) is 0 Å². The third-order valence-corrected chi connectivity index (χ3v) is 4.06. The molecule has 128 valence electrons. The molecule has 0 aliphatic heterocycles. The van der Waals surface area contributed by atoms with E-state index in [0.29, 0.717) is 6.42 Å². The lowest BCUT2D eigenvalue weighted by Crippen LogP contribution is -2.08. The van der Waals surface area contributed by atoms with Crippen molar-refractivity contribution in [3.05, 3.63) is 12.2 Å². The van der Waals surface area contributed by atoms with Gasteiger partial charge in [0.15, 0.2) is 11.6 Å². The molecule has 0 atom stereocenters. The van der Waals surface area contributed by atoms with Crippen LogP contribution in [0.2, 0.25) is 0 Å². The third-order valence-electron chi connectivity index (χ3n) is 4.06. The summed E-state index contributed by atoms with van der Waals surface area (Å²) in [5.41, 5.74) is 0. The molecule has 0 bridgehead atoms. The summed E-state index contributed by atoms with van der Waals surface area (Å²) in [6.07, 6.45) is 21.3. The Hall–Kier alpha value is -0.920. The zero-order valence-electron chi connectivity index (χ0n) is 14.9. The molecule has 0 aliphatic carbocycles. The first kappa shape index (κ1) is 21.1. The van der Waals surface area contributed by atoms with Gasteiger partial charge in [-0.15, -0.1) is 0 Å². The van der Waals surface area contributed by atoms with E-state index in [4.69, 9.17) is 0 Å². The number of carbonyl (C=O) groups excluding carboxylic acids is 2. The summed E-state index contributed by atoms with van der Waals surface area (Å²) in [5, 5.41) is 0. The van der Waals surface area contributed by atoms with Crippen molar-refractivity contribution in [3.8, 4) is 0 Å². The summed E-state index contributed by atoms with van der Waals surface area (Å²) in [6, 6.07) is 0. The maximum atomic E-state index is 11.1. The maximum Gasteiger partial charge on any atom is 0.198 e. The smallest absolute Gasteiger partial charge is 0.198 e. The Morgan fingerprint density at radius 1 is 0.682 bits per heavy atom. The zero-order valence-corrected chi connectivity index (χ0v) is 14.9. The Labute approximate surface area is 137 Å². The van der Waals surface area contributed by atoms with E-state index in [9.17, 15) is 9.59 Å². The van der Waals surface area contributed by atoms with Crippen LogP contribution in [-0.2, 0) is 9.59 Å². The number of ketones is 2. The SMILES string of the molecule is CCCCCCCCC=CCCCCCCCC(=O)C(C)=O. The number of hydrogen-bond acceptors (Lipinski definition) is 2. The number of rotatable bonds is 16. The normalized spacial score (nSPS) is 11.2. The van der Waals surface area contributed by atoms with Gasteiger partial charge in [-0.1, -0.05) is 70.4 Å². The van der Waals surface area contributed by atoms with Crippen LogP contribution < -0.4 is 0 Å². The van der Waals surface area contributed by atoms with Crippen molar-refractivity contribution >= 4 is 11.6 Å². The van der Waals surface area contributed by atoms with Crippen molar-refractivity contribution in [2.24, 2.45) is 0 Å². The average Bonchev–Trinajstić information content (AvgIpc) is 2.50. The minimum Gasteiger partial charge on any atom is -0.291 e. The molecule has 0 aromatic rings. The van der Waals surface area contributed by atoms with Crippen molar-refractivity contribution in [2.75, 3.05) is 0 Å². The van der Waals surface area contributed by atoms with Crippen molar-refractivity contribution in [2.45, 2.75) is 104 Å². The molecule has 0 amide bonds. The zero-order chi connectivity index (χ0) is 16.5. The maximum absolute atomic E-state index is 11.1. The van der Waals surface area contributed by atoms with Gasteiger partial charge in [-0.2, -0.15) is 0 Å². The number of Topliss-reactive ketones (excluding diaryl/α,β-unsaturated/α-hetero) is 2. The number of unbranched alkanes of at least 4 members (excludes halogenated alkanes) is 11. The molecule has 0 aromatic carbocycles. The molecular weight excluding hydrogens is 272 g/mol. The van der Waals surface area contributed by atoms with Crippen LogP contribution in [0.15, 0.2) is 12.2 Å². The second-order valence-corrected chi connectivity index (χ2v) is 6.31. The third kappa shape index (κ3) is 15.5. The van der Waals surface area contributed by atoms with E-state index in [1.165, 1.54) is 77.6 Å². The molecule has 0 spiro atoms. The van der Waals surface area contributed by atoms with Crippen LogP contribution in [0, 0.1) is 0 Å². The van der Waals surface area contributed by atoms with Gasteiger partial charge in [-0.3, -0.25) is 9.59 Å². The summed E-state index contributed by atoms with van der Waals surface area (Å²) >= 11 is 0. The lowest BCUT2D eigenvalue weighted by atomic mass is 10.1. The standard InChI is InChI=1S/C20H36O2/c1-3-4-5-6-7-8-9-10-11-12-13-14-15-16-17-18-20(22)19(2)21/h10-11H,3-9,12-18H2,1-2H3. The highest BCUT2D eigenvalue weighted by atomic mass is 16.2. The van der Waals surface area contributed by atoms with Crippen LogP contribution in [0.1, 0.15) is 104 Å². The predicted molar refractivity (Wildman–Crippen MR) is 95.1 cm³/mol. The highest BCUT2D eigenvalue weighted by molar-refractivity contribution is 6.36. The van der Waals surface area contributed by atoms with Crippen molar-refractivity contribution in [3.63, 3.8) is 0 Å². The van der Waals surface area contributed by atoms with Crippen LogP contribution >= 0.6 is 0 Å². The van der Waals surface area contributed by atoms with Gasteiger partial charge >= 0.3 is 0 Å². The van der Waals surface area contributed by atoms with Gasteiger partial charge in [0, 0.05) is 13.3 Å². The summed E-state index contributed by atoms with van der Waals surface area (Å²) in [7, 11) is 0. The van der Waals surface area contributed by atoms with Crippen LogP contribution in [0.25, 0.3) is 0 Å². The molecule has 2 nitrogen and oxygen atoms in total. The highest BCUT2D eigenvalue weighted by Crippen LogP contribution is 2.10. The second-order valence-electron chi connectivity index (χ2n) is 6.31. The molecule has 0 unspecified atom stereocenters. The van der Waals surface area contributed by atoms with Gasteiger partial charge in [0.05, 0.1) is 0 Å². The van der Waals surface area contributed by atoms with Crippen LogP contribution in [0.3, 0.4) is 0 Å². The van der Waals surface area contributed by atoms with E-state index in [2.05, 4.69) is 19.1 Å². The molecule has 0 heterocycles. The second kappa shape index (κ2) is 16.5. The predicted octanol–water partition coefficient (Wildman–Crippen LogP) is 6.18. The fraction of sp³-hybridized carbons (Fsp3) is 0.800. The molecular formula is C20H36O2. The van der Waals surface area contributed by atoms with Crippen molar-refractivity contribution < 1.29 is 9.59 Å². The number of hydrogen-bond donors (Lipinski definition) is 0. The molecule has 0 radical (unpaired) electrons. The molecule has 2 heteroatoms. The van der Waals surface area contributed by atoms with Gasteiger partial charge in [0.1, 0.15) is 0 Å². The summed E-state index contributed by atoms with van der Waals surface area (Å²) in [4.78, 5) is 21.9. The first-order valence-electron chi connectivity index (χ1n) is 9.37. The van der Waals surface area contributed by atoms with Gasteiger partial charge in [-0.25, -0.2) is 0 Å².